The predicted molar refractivity (Wildman–Crippen MR) is 76.1 cm³/mol. The zero-order chi connectivity index (χ0) is 13.9. The van der Waals surface area contributed by atoms with E-state index in [4.69, 9.17) is 14.9 Å². The molecule has 0 spiro atoms. The number of hydrogen-bond donors (Lipinski definition) is 1. The Morgan fingerprint density at radius 2 is 1.63 bits per heavy atom. The lowest BCUT2D eigenvalue weighted by Crippen LogP contribution is -2.10. The van der Waals surface area contributed by atoms with Crippen LogP contribution < -0.4 is 10.5 Å². The normalized spacial score (nSPS) is 11.6. The Labute approximate surface area is 114 Å². The second-order valence-electron chi connectivity index (χ2n) is 5.64. The van der Waals surface area contributed by atoms with E-state index in [-0.39, 0.29) is 5.41 Å². The van der Waals surface area contributed by atoms with Gasteiger partial charge in [0.1, 0.15) is 23.9 Å². The van der Waals surface area contributed by atoms with Gasteiger partial charge in [0.2, 0.25) is 0 Å². The minimum absolute atomic E-state index is 0.162. The van der Waals surface area contributed by atoms with Crippen molar-refractivity contribution in [2.75, 3.05) is 0 Å². The molecule has 0 amide bonds. The summed E-state index contributed by atoms with van der Waals surface area (Å²) in [5, 5.41) is 0. The van der Waals surface area contributed by atoms with Crippen molar-refractivity contribution in [3.63, 3.8) is 0 Å². The first-order chi connectivity index (χ1) is 8.99. The molecule has 0 saturated carbocycles. The highest BCUT2D eigenvalue weighted by atomic mass is 16.5. The molecule has 0 bridgehead atoms. The third-order valence-electron chi connectivity index (χ3n) is 3.02. The van der Waals surface area contributed by atoms with E-state index in [1.54, 1.807) is 0 Å². The van der Waals surface area contributed by atoms with Gasteiger partial charge in [-0.2, -0.15) is 0 Å². The van der Waals surface area contributed by atoms with Crippen molar-refractivity contribution < 1.29 is 9.15 Å². The van der Waals surface area contributed by atoms with Gasteiger partial charge >= 0.3 is 0 Å². The van der Waals surface area contributed by atoms with Crippen LogP contribution in [0.3, 0.4) is 0 Å². The molecule has 1 aromatic heterocycles. The summed E-state index contributed by atoms with van der Waals surface area (Å²) >= 11 is 0. The van der Waals surface area contributed by atoms with Crippen LogP contribution in [0.1, 0.15) is 37.9 Å². The van der Waals surface area contributed by atoms with Crippen molar-refractivity contribution in [2.24, 2.45) is 5.73 Å². The van der Waals surface area contributed by atoms with Gasteiger partial charge in [-0.3, -0.25) is 0 Å². The van der Waals surface area contributed by atoms with Crippen LogP contribution in [0.5, 0.6) is 5.75 Å². The Bertz CT molecular complexity index is 520. The highest BCUT2D eigenvalue weighted by Gasteiger charge is 2.13. The van der Waals surface area contributed by atoms with E-state index >= 15 is 0 Å². The Balaban J connectivity index is 1.96. The van der Waals surface area contributed by atoms with E-state index in [0.717, 1.165) is 17.3 Å². The van der Waals surface area contributed by atoms with E-state index in [1.165, 1.54) is 5.56 Å². The average Bonchev–Trinajstić information content (AvgIpc) is 2.84. The van der Waals surface area contributed by atoms with Gasteiger partial charge in [0.25, 0.3) is 0 Å². The van der Waals surface area contributed by atoms with E-state index in [2.05, 4.69) is 32.9 Å². The molecule has 0 saturated heterocycles. The molecule has 102 valence electrons. The number of hydrogen-bond acceptors (Lipinski definition) is 3. The predicted octanol–water partition coefficient (Wildman–Crippen LogP) is 3.61. The Kier molecular flexibility index (Phi) is 3.96. The van der Waals surface area contributed by atoms with Crippen LogP contribution in [0.4, 0.5) is 0 Å². The van der Waals surface area contributed by atoms with Crippen molar-refractivity contribution in [1.29, 1.82) is 0 Å². The Morgan fingerprint density at radius 3 is 2.16 bits per heavy atom. The Morgan fingerprint density at radius 1 is 1.00 bits per heavy atom. The standard InChI is InChI=1S/C16H21NO2/c1-16(2,3)12-4-6-13(7-5-12)18-11-15-9-8-14(10-17)19-15/h4-9H,10-11,17H2,1-3H3. The minimum Gasteiger partial charge on any atom is -0.486 e. The number of rotatable bonds is 4. The van der Waals surface area contributed by atoms with Crippen LogP contribution >= 0.6 is 0 Å². The summed E-state index contributed by atoms with van der Waals surface area (Å²) in [4.78, 5) is 0. The average molecular weight is 259 g/mol. The molecule has 3 nitrogen and oxygen atoms in total. The molecule has 1 aromatic carbocycles. The Hall–Kier alpha value is -1.74. The van der Waals surface area contributed by atoms with Gasteiger partial charge in [-0.15, -0.1) is 0 Å². The molecule has 19 heavy (non-hydrogen) atoms. The fourth-order valence-corrected chi connectivity index (χ4v) is 1.82. The maximum atomic E-state index is 5.68. The third-order valence-corrected chi connectivity index (χ3v) is 3.02. The molecule has 0 aliphatic heterocycles. The first-order valence-electron chi connectivity index (χ1n) is 6.50. The highest BCUT2D eigenvalue weighted by molar-refractivity contribution is 5.31. The molecule has 0 atom stereocenters. The summed E-state index contributed by atoms with van der Waals surface area (Å²) in [5.74, 6) is 2.42. The fourth-order valence-electron chi connectivity index (χ4n) is 1.82. The van der Waals surface area contributed by atoms with Crippen LogP contribution in [0.25, 0.3) is 0 Å². The third kappa shape index (κ3) is 3.61. The summed E-state index contributed by atoms with van der Waals surface area (Å²) in [5.41, 5.74) is 6.95. The summed E-state index contributed by atoms with van der Waals surface area (Å²) < 4.78 is 11.2. The summed E-state index contributed by atoms with van der Waals surface area (Å²) in [6, 6.07) is 12.0. The second kappa shape index (κ2) is 5.49. The fraction of sp³-hybridized carbons (Fsp3) is 0.375. The largest absolute Gasteiger partial charge is 0.486 e. The first-order valence-corrected chi connectivity index (χ1v) is 6.50. The van der Waals surface area contributed by atoms with E-state index in [0.29, 0.717) is 13.2 Å². The molecular weight excluding hydrogens is 238 g/mol. The molecule has 2 N–H and O–H groups in total. The molecule has 0 aliphatic carbocycles. The number of benzene rings is 1. The molecule has 0 aliphatic rings. The van der Waals surface area contributed by atoms with Gasteiger partial charge in [-0.25, -0.2) is 0 Å². The topological polar surface area (TPSA) is 48.4 Å². The van der Waals surface area contributed by atoms with Crippen molar-refractivity contribution in [2.45, 2.75) is 39.3 Å². The highest BCUT2D eigenvalue weighted by Crippen LogP contribution is 2.24. The molecule has 0 radical (unpaired) electrons. The van der Waals surface area contributed by atoms with Crippen molar-refractivity contribution in [3.05, 3.63) is 53.5 Å². The lowest BCUT2D eigenvalue weighted by Gasteiger charge is -2.19. The monoisotopic (exact) mass is 259 g/mol. The van der Waals surface area contributed by atoms with Gasteiger partial charge in [0, 0.05) is 0 Å². The summed E-state index contributed by atoms with van der Waals surface area (Å²) in [6.07, 6.45) is 0. The van der Waals surface area contributed by atoms with E-state index < -0.39 is 0 Å². The number of nitrogens with two attached hydrogens (primary N) is 1. The molecule has 2 rings (SSSR count). The SMILES string of the molecule is CC(C)(C)c1ccc(OCc2ccc(CN)o2)cc1. The summed E-state index contributed by atoms with van der Waals surface area (Å²) in [6.45, 7) is 7.43. The van der Waals surface area contributed by atoms with Gasteiger partial charge in [-0.1, -0.05) is 32.9 Å². The molecule has 2 aromatic rings. The van der Waals surface area contributed by atoms with Crippen LogP contribution in [-0.2, 0) is 18.6 Å². The van der Waals surface area contributed by atoms with Gasteiger partial charge < -0.3 is 14.9 Å². The molecule has 3 heteroatoms. The second-order valence-corrected chi connectivity index (χ2v) is 5.64. The maximum absolute atomic E-state index is 5.68. The van der Waals surface area contributed by atoms with Crippen LogP contribution in [-0.4, -0.2) is 0 Å². The molecule has 1 heterocycles. The molecule has 0 fully saturated rings. The quantitative estimate of drug-likeness (QED) is 0.912. The summed E-state index contributed by atoms with van der Waals surface area (Å²) in [7, 11) is 0. The smallest absolute Gasteiger partial charge is 0.146 e. The lowest BCUT2D eigenvalue weighted by molar-refractivity contribution is 0.266. The van der Waals surface area contributed by atoms with Crippen molar-refractivity contribution >= 4 is 0 Å². The zero-order valence-electron chi connectivity index (χ0n) is 11.8. The van der Waals surface area contributed by atoms with E-state index in [1.807, 2.05) is 24.3 Å². The van der Waals surface area contributed by atoms with Gasteiger partial charge in [0.15, 0.2) is 0 Å². The van der Waals surface area contributed by atoms with Gasteiger partial charge in [-0.05, 0) is 35.2 Å². The van der Waals surface area contributed by atoms with E-state index in [9.17, 15) is 0 Å². The maximum Gasteiger partial charge on any atom is 0.146 e. The van der Waals surface area contributed by atoms with Crippen molar-refractivity contribution in [3.8, 4) is 5.75 Å². The van der Waals surface area contributed by atoms with Gasteiger partial charge in [0.05, 0.1) is 6.54 Å². The number of furan rings is 1. The van der Waals surface area contributed by atoms with Crippen LogP contribution in [0, 0.1) is 0 Å². The molecule has 0 unspecified atom stereocenters. The minimum atomic E-state index is 0.162. The van der Waals surface area contributed by atoms with Crippen molar-refractivity contribution in [1.82, 2.24) is 0 Å². The number of ether oxygens (including phenoxy) is 1. The first kappa shape index (κ1) is 13.7. The zero-order valence-corrected chi connectivity index (χ0v) is 11.8. The van der Waals surface area contributed by atoms with Crippen LogP contribution in [0.15, 0.2) is 40.8 Å². The van der Waals surface area contributed by atoms with Crippen LogP contribution in [0.2, 0.25) is 0 Å². The molecular formula is C16H21NO2. The lowest BCUT2D eigenvalue weighted by atomic mass is 9.87.